The molecule has 0 aromatic heterocycles. The molecule has 1 heteroatoms. The van der Waals surface area contributed by atoms with Crippen LogP contribution in [-0.4, -0.2) is 13.1 Å². The Morgan fingerprint density at radius 2 is 1.20 bits per heavy atom. The van der Waals surface area contributed by atoms with Crippen molar-refractivity contribution in [2.24, 2.45) is 0 Å². The van der Waals surface area contributed by atoms with Gasteiger partial charge in [-0.1, -0.05) is 101 Å². The van der Waals surface area contributed by atoms with Crippen molar-refractivity contribution in [1.29, 1.82) is 0 Å². The molecule has 0 saturated heterocycles. The topological polar surface area (TPSA) is 3.24 Å². The van der Waals surface area contributed by atoms with Crippen molar-refractivity contribution in [3.63, 3.8) is 0 Å². The van der Waals surface area contributed by atoms with Gasteiger partial charge in [0.15, 0.2) is 0 Å². The van der Waals surface area contributed by atoms with Crippen LogP contribution in [-0.2, 0) is 0 Å². The summed E-state index contributed by atoms with van der Waals surface area (Å²) in [5, 5.41) is 0. The van der Waals surface area contributed by atoms with Gasteiger partial charge in [-0.05, 0) is 24.5 Å². The molecule has 1 nitrogen and oxygen atoms in total. The second-order valence-corrected chi connectivity index (χ2v) is 6.99. The highest BCUT2D eigenvalue weighted by Gasteiger charge is 2.11. The molecule has 0 aliphatic rings. The van der Waals surface area contributed by atoms with Gasteiger partial charge in [0.2, 0.25) is 0 Å². The number of hydrogen-bond donors (Lipinski definition) is 0. The zero-order chi connectivity index (χ0) is 17.7. The van der Waals surface area contributed by atoms with Gasteiger partial charge in [0, 0.05) is 24.3 Å². The maximum Gasteiger partial charge on any atom is 0.0445 e. The molecule has 0 N–H and O–H groups in total. The number of hydrogen-bond acceptors (Lipinski definition) is 1. The summed E-state index contributed by atoms with van der Waals surface area (Å²) < 4.78 is 0. The Morgan fingerprint density at radius 3 is 1.96 bits per heavy atom. The van der Waals surface area contributed by atoms with Gasteiger partial charge in [0.25, 0.3) is 0 Å². The van der Waals surface area contributed by atoms with Gasteiger partial charge < -0.3 is 4.90 Å². The summed E-state index contributed by atoms with van der Waals surface area (Å²) in [6, 6.07) is 19.7. The van der Waals surface area contributed by atoms with Gasteiger partial charge in [-0.25, -0.2) is 0 Å². The van der Waals surface area contributed by atoms with Gasteiger partial charge in [-0.15, -0.1) is 0 Å². The third-order valence-electron chi connectivity index (χ3n) is 4.89. The van der Waals surface area contributed by atoms with Gasteiger partial charge in [0.1, 0.15) is 0 Å². The Balaban J connectivity index is 2.06. The van der Waals surface area contributed by atoms with Crippen molar-refractivity contribution in [2.45, 2.75) is 65.2 Å². The zero-order valence-electron chi connectivity index (χ0n) is 16.2. The van der Waals surface area contributed by atoms with E-state index in [0.29, 0.717) is 0 Å². The highest BCUT2D eigenvalue weighted by atomic mass is 15.1. The molecule has 0 atom stereocenters. The van der Waals surface area contributed by atoms with Crippen LogP contribution >= 0.6 is 0 Å². The fourth-order valence-electron chi connectivity index (χ4n) is 3.40. The average Bonchev–Trinajstić information content (AvgIpc) is 2.67. The van der Waals surface area contributed by atoms with Crippen molar-refractivity contribution in [3.05, 3.63) is 54.6 Å². The van der Waals surface area contributed by atoms with Crippen LogP contribution in [0, 0.1) is 0 Å². The zero-order valence-corrected chi connectivity index (χ0v) is 16.2. The van der Waals surface area contributed by atoms with E-state index in [1.807, 2.05) is 0 Å². The van der Waals surface area contributed by atoms with Crippen LogP contribution in [0.5, 0.6) is 0 Å². The lowest BCUT2D eigenvalue weighted by molar-refractivity contribution is 0.593. The highest BCUT2D eigenvalue weighted by Crippen LogP contribution is 2.31. The Labute approximate surface area is 155 Å². The highest BCUT2D eigenvalue weighted by molar-refractivity contribution is 5.78. The normalized spacial score (nSPS) is 10.8. The Hall–Kier alpha value is -1.76. The molecule has 0 saturated carbocycles. The molecule has 0 spiro atoms. The van der Waals surface area contributed by atoms with E-state index in [1.165, 1.54) is 74.7 Å². The van der Waals surface area contributed by atoms with Crippen molar-refractivity contribution < 1.29 is 0 Å². The molecule has 0 amide bonds. The first-order chi connectivity index (χ1) is 12.4. The Kier molecular flexibility index (Phi) is 9.18. The van der Waals surface area contributed by atoms with Crippen LogP contribution in [0.2, 0.25) is 0 Å². The molecule has 2 aromatic rings. The first kappa shape index (κ1) is 19.6. The van der Waals surface area contributed by atoms with Gasteiger partial charge in [-0.3, -0.25) is 0 Å². The van der Waals surface area contributed by atoms with E-state index in [2.05, 4.69) is 73.3 Å². The number of nitrogens with zero attached hydrogens (tertiary/aromatic N) is 1. The van der Waals surface area contributed by atoms with Crippen LogP contribution in [0.15, 0.2) is 54.6 Å². The van der Waals surface area contributed by atoms with Crippen LogP contribution < -0.4 is 4.90 Å². The summed E-state index contributed by atoms with van der Waals surface area (Å²) in [5.74, 6) is 0. The second-order valence-electron chi connectivity index (χ2n) is 6.99. The smallest absolute Gasteiger partial charge is 0.0445 e. The van der Waals surface area contributed by atoms with Gasteiger partial charge in [-0.2, -0.15) is 0 Å². The first-order valence-corrected chi connectivity index (χ1v) is 10.3. The average molecular weight is 338 g/mol. The number of benzene rings is 2. The van der Waals surface area contributed by atoms with Gasteiger partial charge >= 0.3 is 0 Å². The lowest BCUT2D eigenvalue weighted by Crippen LogP contribution is -2.26. The monoisotopic (exact) mass is 337 g/mol. The largest absolute Gasteiger partial charge is 0.371 e. The summed E-state index contributed by atoms with van der Waals surface area (Å²) in [7, 11) is 0. The first-order valence-electron chi connectivity index (χ1n) is 10.3. The van der Waals surface area contributed by atoms with Crippen molar-refractivity contribution in [2.75, 3.05) is 18.0 Å². The van der Waals surface area contributed by atoms with Crippen molar-refractivity contribution >= 4 is 5.69 Å². The molecule has 0 aliphatic heterocycles. The number of rotatable bonds is 12. The van der Waals surface area contributed by atoms with E-state index in [0.717, 1.165) is 6.54 Å². The van der Waals surface area contributed by atoms with E-state index in [9.17, 15) is 0 Å². The maximum atomic E-state index is 2.62. The minimum atomic E-state index is 1.16. The molecule has 0 radical (unpaired) electrons. The van der Waals surface area contributed by atoms with Crippen LogP contribution in [0.1, 0.15) is 65.2 Å². The lowest BCUT2D eigenvalue weighted by atomic mass is 10.0. The molecule has 25 heavy (non-hydrogen) atoms. The number of anilines is 1. The standard InChI is InChI=1S/C24H35N/c1-3-5-7-8-9-15-21-25(20-6-4-2)24-19-14-13-18-23(24)22-16-11-10-12-17-22/h10-14,16-19H,3-9,15,20-21H2,1-2H3. The molecular formula is C24H35N. The van der Waals surface area contributed by atoms with E-state index in [4.69, 9.17) is 0 Å². The number of para-hydroxylation sites is 1. The van der Waals surface area contributed by atoms with E-state index in [-0.39, 0.29) is 0 Å². The SMILES string of the molecule is CCCCCCCCN(CCCC)c1ccccc1-c1ccccc1. The van der Waals surface area contributed by atoms with Crippen LogP contribution in [0.4, 0.5) is 5.69 Å². The van der Waals surface area contributed by atoms with Crippen molar-refractivity contribution in [1.82, 2.24) is 0 Å². The molecule has 136 valence electrons. The summed E-state index contributed by atoms with van der Waals surface area (Å²) in [4.78, 5) is 2.62. The molecule has 0 heterocycles. The van der Waals surface area contributed by atoms with E-state index < -0.39 is 0 Å². The minimum absolute atomic E-state index is 1.16. The van der Waals surface area contributed by atoms with Crippen LogP contribution in [0.25, 0.3) is 11.1 Å². The molecule has 0 bridgehead atoms. The molecule has 0 aliphatic carbocycles. The van der Waals surface area contributed by atoms with E-state index in [1.54, 1.807) is 0 Å². The van der Waals surface area contributed by atoms with Crippen LogP contribution in [0.3, 0.4) is 0 Å². The minimum Gasteiger partial charge on any atom is -0.371 e. The Bertz CT molecular complexity index is 576. The fourth-order valence-corrected chi connectivity index (χ4v) is 3.40. The molecule has 2 aromatic carbocycles. The molecular weight excluding hydrogens is 302 g/mol. The second kappa shape index (κ2) is 11.7. The summed E-state index contributed by atoms with van der Waals surface area (Å²) in [6.45, 7) is 6.91. The summed E-state index contributed by atoms with van der Waals surface area (Å²) >= 11 is 0. The lowest BCUT2D eigenvalue weighted by Gasteiger charge is -2.27. The molecule has 2 rings (SSSR count). The quantitative estimate of drug-likeness (QED) is 0.367. The third kappa shape index (κ3) is 6.57. The predicted molar refractivity (Wildman–Crippen MR) is 112 cm³/mol. The molecule has 0 fully saturated rings. The maximum absolute atomic E-state index is 2.62. The summed E-state index contributed by atoms with van der Waals surface area (Å²) in [6.07, 6.45) is 10.7. The summed E-state index contributed by atoms with van der Waals surface area (Å²) in [5.41, 5.74) is 4.09. The van der Waals surface area contributed by atoms with Crippen molar-refractivity contribution in [3.8, 4) is 11.1 Å². The number of unbranched alkanes of at least 4 members (excludes halogenated alkanes) is 6. The van der Waals surface area contributed by atoms with E-state index >= 15 is 0 Å². The molecule has 0 unspecified atom stereocenters. The third-order valence-corrected chi connectivity index (χ3v) is 4.89. The predicted octanol–water partition coefficient (Wildman–Crippen LogP) is 7.32. The Morgan fingerprint density at radius 1 is 0.600 bits per heavy atom. The fraction of sp³-hybridized carbons (Fsp3) is 0.500. The van der Waals surface area contributed by atoms with Gasteiger partial charge in [0.05, 0.1) is 0 Å².